The molecule has 0 fully saturated rings. The Bertz CT molecular complexity index is 628. The number of aryl methyl sites for hydroxylation is 2. The number of benzene rings is 1. The topological polar surface area (TPSA) is 113 Å². The molecule has 0 aliphatic rings. The molecule has 0 saturated heterocycles. The summed E-state index contributed by atoms with van der Waals surface area (Å²) in [4.78, 5) is 21.8. The fourth-order valence-corrected chi connectivity index (χ4v) is 1.68. The molecule has 8 nitrogen and oxygen atoms in total. The second-order valence-electron chi connectivity index (χ2n) is 4.19. The van der Waals surface area contributed by atoms with Crippen LogP contribution in [0.4, 0.5) is 21.9 Å². The van der Waals surface area contributed by atoms with E-state index in [2.05, 4.69) is 20.8 Å². The molecule has 2 amide bonds. The predicted octanol–water partition coefficient (Wildman–Crippen LogP) is 2.58. The van der Waals surface area contributed by atoms with Gasteiger partial charge in [-0.3, -0.25) is 15.2 Å². The highest BCUT2D eigenvalue weighted by atomic mass is 16.6. The average Bonchev–Trinajstić information content (AvgIpc) is 2.71. The molecule has 20 heavy (non-hydrogen) atoms. The summed E-state index contributed by atoms with van der Waals surface area (Å²) in [5, 5.41) is 22.5. The van der Waals surface area contributed by atoms with Gasteiger partial charge in [-0.05, 0) is 26.0 Å². The molecule has 1 aromatic carbocycles. The standard InChI is InChI=1S/C12H13N5O3/c1-7-11(8(2)16-15-7)14-12(18)13-9-3-5-10(6-4-9)17(19)20/h3-6H,1-2H3,(H,15,16)(H2,13,14,18). The Labute approximate surface area is 114 Å². The van der Waals surface area contributed by atoms with Gasteiger partial charge < -0.3 is 10.6 Å². The lowest BCUT2D eigenvalue weighted by Crippen LogP contribution is -2.20. The number of nitrogens with one attached hydrogen (secondary N) is 3. The van der Waals surface area contributed by atoms with E-state index in [0.29, 0.717) is 17.1 Å². The van der Waals surface area contributed by atoms with E-state index in [1.54, 1.807) is 13.8 Å². The van der Waals surface area contributed by atoms with Crippen LogP contribution in [-0.4, -0.2) is 21.2 Å². The van der Waals surface area contributed by atoms with Gasteiger partial charge >= 0.3 is 6.03 Å². The van der Waals surface area contributed by atoms with Gasteiger partial charge in [-0.2, -0.15) is 5.10 Å². The van der Waals surface area contributed by atoms with E-state index in [4.69, 9.17) is 0 Å². The number of anilines is 2. The van der Waals surface area contributed by atoms with Crippen molar-refractivity contribution in [1.82, 2.24) is 10.2 Å². The van der Waals surface area contributed by atoms with Crippen molar-refractivity contribution in [2.75, 3.05) is 10.6 Å². The van der Waals surface area contributed by atoms with Crippen LogP contribution in [0, 0.1) is 24.0 Å². The highest BCUT2D eigenvalue weighted by molar-refractivity contribution is 6.00. The minimum atomic E-state index is -0.498. The third-order valence-electron chi connectivity index (χ3n) is 2.70. The molecule has 0 bridgehead atoms. The smallest absolute Gasteiger partial charge is 0.308 e. The van der Waals surface area contributed by atoms with Gasteiger partial charge in [-0.25, -0.2) is 4.79 Å². The zero-order chi connectivity index (χ0) is 14.7. The van der Waals surface area contributed by atoms with E-state index in [0.717, 1.165) is 5.69 Å². The Morgan fingerprint density at radius 3 is 2.40 bits per heavy atom. The molecule has 8 heteroatoms. The van der Waals surface area contributed by atoms with Crippen LogP contribution in [-0.2, 0) is 0 Å². The SMILES string of the molecule is Cc1n[nH]c(C)c1NC(=O)Nc1ccc([N+](=O)[O-])cc1. The predicted molar refractivity (Wildman–Crippen MR) is 73.8 cm³/mol. The second kappa shape index (κ2) is 5.39. The molecule has 3 N–H and O–H groups in total. The van der Waals surface area contributed by atoms with Crippen molar-refractivity contribution in [3.05, 3.63) is 45.8 Å². The van der Waals surface area contributed by atoms with Crippen LogP contribution in [0.15, 0.2) is 24.3 Å². The van der Waals surface area contributed by atoms with E-state index in [-0.39, 0.29) is 5.69 Å². The number of hydrogen-bond acceptors (Lipinski definition) is 4. The number of aromatic amines is 1. The molecule has 0 atom stereocenters. The maximum absolute atomic E-state index is 11.8. The van der Waals surface area contributed by atoms with Gasteiger partial charge in [-0.15, -0.1) is 0 Å². The molecular weight excluding hydrogens is 262 g/mol. The minimum absolute atomic E-state index is 0.0301. The first-order chi connectivity index (χ1) is 9.47. The van der Waals surface area contributed by atoms with Gasteiger partial charge in [0, 0.05) is 17.8 Å². The molecule has 0 aliphatic carbocycles. The average molecular weight is 275 g/mol. The number of H-pyrrole nitrogens is 1. The summed E-state index contributed by atoms with van der Waals surface area (Å²) in [5.74, 6) is 0. The number of nitro groups is 1. The minimum Gasteiger partial charge on any atom is -0.308 e. The highest BCUT2D eigenvalue weighted by Gasteiger charge is 2.11. The largest absolute Gasteiger partial charge is 0.323 e. The Morgan fingerprint density at radius 1 is 1.25 bits per heavy atom. The van der Waals surface area contributed by atoms with Crippen LogP contribution < -0.4 is 10.6 Å². The number of amides is 2. The zero-order valence-corrected chi connectivity index (χ0v) is 10.9. The van der Waals surface area contributed by atoms with E-state index in [1.165, 1.54) is 24.3 Å². The van der Waals surface area contributed by atoms with Crippen LogP contribution in [0.1, 0.15) is 11.4 Å². The van der Waals surface area contributed by atoms with Crippen molar-refractivity contribution in [2.45, 2.75) is 13.8 Å². The van der Waals surface area contributed by atoms with Crippen molar-refractivity contribution >= 4 is 23.1 Å². The number of nitro benzene ring substituents is 1. The maximum Gasteiger partial charge on any atom is 0.323 e. The summed E-state index contributed by atoms with van der Waals surface area (Å²) in [6, 6.07) is 5.14. The van der Waals surface area contributed by atoms with Crippen molar-refractivity contribution in [3.8, 4) is 0 Å². The van der Waals surface area contributed by atoms with Gasteiger partial charge in [0.05, 0.1) is 22.0 Å². The zero-order valence-electron chi connectivity index (χ0n) is 10.9. The first-order valence-corrected chi connectivity index (χ1v) is 5.81. The summed E-state index contributed by atoms with van der Waals surface area (Å²) in [6.07, 6.45) is 0. The Balaban J connectivity index is 2.03. The monoisotopic (exact) mass is 275 g/mol. The number of rotatable bonds is 3. The van der Waals surface area contributed by atoms with E-state index >= 15 is 0 Å². The Kier molecular flexibility index (Phi) is 3.65. The van der Waals surface area contributed by atoms with Gasteiger partial charge in [0.1, 0.15) is 0 Å². The second-order valence-corrected chi connectivity index (χ2v) is 4.19. The molecule has 2 aromatic rings. The summed E-state index contributed by atoms with van der Waals surface area (Å²) in [6.45, 7) is 3.56. The molecule has 0 unspecified atom stereocenters. The number of non-ortho nitro benzene ring substituents is 1. The fraction of sp³-hybridized carbons (Fsp3) is 0.167. The fourth-order valence-electron chi connectivity index (χ4n) is 1.68. The number of aromatic nitrogens is 2. The van der Waals surface area contributed by atoms with E-state index < -0.39 is 11.0 Å². The molecular formula is C12H13N5O3. The Morgan fingerprint density at radius 2 is 1.90 bits per heavy atom. The van der Waals surface area contributed by atoms with E-state index in [9.17, 15) is 14.9 Å². The van der Waals surface area contributed by atoms with Crippen molar-refractivity contribution < 1.29 is 9.72 Å². The van der Waals surface area contributed by atoms with Crippen molar-refractivity contribution in [1.29, 1.82) is 0 Å². The van der Waals surface area contributed by atoms with Crippen molar-refractivity contribution in [3.63, 3.8) is 0 Å². The summed E-state index contributed by atoms with van der Waals surface area (Å²) in [7, 11) is 0. The number of carbonyl (C=O) groups excluding carboxylic acids is 1. The molecule has 1 aromatic heterocycles. The van der Waals surface area contributed by atoms with Crippen molar-refractivity contribution in [2.24, 2.45) is 0 Å². The Hall–Kier alpha value is -2.90. The van der Waals surface area contributed by atoms with Gasteiger partial charge in [0.15, 0.2) is 0 Å². The van der Waals surface area contributed by atoms with Crippen LogP contribution in [0.25, 0.3) is 0 Å². The van der Waals surface area contributed by atoms with Gasteiger partial charge in [-0.1, -0.05) is 0 Å². The number of hydrogen-bond donors (Lipinski definition) is 3. The first kappa shape index (κ1) is 13.5. The van der Waals surface area contributed by atoms with Gasteiger partial charge in [0.2, 0.25) is 0 Å². The lowest BCUT2D eigenvalue weighted by Gasteiger charge is -2.07. The lowest BCUT2D eigenvalue weighted by atomic mass is 10.3. The highest BCUT2D eigenvalue weighted by Crippen LogP contribution is 2.18. The van der Waals surface area contributed by atoms with E-state index in [1.807, 2.05) is 0 Å². The summed E-state index contributed by atoms with van der Waals surface area (Å²) >= 11 is 0. The first-order valence-electron chi connectivity index (χ1n) is 5.81. The van der Waals surface area contributed by atoms with Crippen LogP contribution in [0.2, 0.25) is 0 Å². The summed E-state index contributed by atoms with van der Waals surface area (Å²) < 4.78 is 0. The normalized spacial score (nSPS) is 10.1. The van der Waals surface area contributed by atoms with Gasteiger partial charge in [0.25, 0.3) is 5.69 Å². The quantitative estimate of drug-likeness (QED) is 0.590. The lowest BCUT2D eigenvalue weighted by molar-refractivity contribution is -0.384. The van der Waals surface area contributed by atoms with Crippen LogP contribution in [0.5, 0.6) is 0 Å². The molecule has 2 rings (SSSR count). The molecule has 0 radical (unpaired) electrons. The molecule has 104 valence electrons. The van der Waals surface area contributed by atoms with Crippen LogP contribution >= 0.6 is 0 Å². The van der Waals surface area contributed by atoms with Crippen LogP contribution in [0.3, 0.4) is 0 Å². The number of urea groups is 1. The molecule has 0 spiro atoms. The molecule has 0 aliphatic heterocycles. The number of nitrogens with zero attached hydrogens (tertiary/aromatic N) is 2. The number of carbonyl (C=O) groups is 1. The third-order valence-corrected chi connectivity index (χ3v) is 2.70. The molecule has 0 saturated carbocycles. The summed E-state index contributed by atoms with van der Waals surface area (Å²) in [5.41, 5.74) is 2.48. The maximum atomic E-state index is 11.8. The molecule has 1 heterocycles. The third kappa shape index (κ3) is 2.91.